The van der Waals surface area contributed by atoms with Gasteiger partial charge in [0, 0.05) is 22.7 Å². The Balaban J connectivity index is 1.94. The first kappa shape index (κ1) is 23.6. The molecule has 0 fully saturated rings. The number of benzene rings is 2. The second-order valence-corrected chi connectivity index (χ2v) is 9.26. The number of fused-ring (bicyclic) bond motifs is 2. The molecule has 0 saturated carbocycles. The number of aromatic nitrogens is 3. The predicted octanol–water partition coefficient (Wildman–Crippen LogP) is 5.08. The number of aromatic amines is 1. The van der Waals surface area contributed by atoms with Crippen LogP contribution < -0.4 is 11.2 Å². The van der Waals surface area contributed by atoms with Crippen LogP contribution in [0, 0.1) is 13.8 Å². The number of carbonyl (C=O) groups is 1. The van der Waals surface area contributed by atoms with Gasteiger partial charge < -0.3 is 14.7 Å². The lowest BCUT2D eigenvalue weighted by Gasteiger charge is -2.13. The molecule has 0 unspecified atom stereocenters. The van der Waals surface area contributed by atoms with Crippen molar-refractivity contribution in [2.75, 3.05) is 0 Å². The summed E-state index contributed by atoms with van der Waals surface area (Å²) in [6.07, 6.45) is -4.72. The van der Waals surface area contributed by atoms with E-state index in [2.05, 4.69) is 4.98 Å². The van der Waals surface area contributed by atoms with Gasteiger partial charge in [-0.1, -0.05) is 23.8 Å². The van der Waals surface area contributed by atoms with E-state index in [1.165, 1.54) is 16.0 Å². The van der Waals surface area contributed by atoms with E-state index < -0.39 is 40.3 Å². The lowest BCUT2D eigenvalue weighted by Crippen LogP contribution is -2.34. The first-order valence-corrected chi connectivity index (χ1v) is 11.7. The molecule has 0 spiro atoms. The van der Waals surface area contributed by atoms with E-state index >= 15 is 0 Å². The maximum absolute atomic E-state index is 13.6. The summed E-state index contributed by atoms with van der Waals surface area (Å²) in [6.45, 7) is 3.71. The monoisotopic (exact) mass is 513 g/mol. The molecule has 5 aromatic rings. The molecule has 3 heterocycles. The summed E-state index contributed by atoms with van der Waals surface area (Å²) in [5.41, 5.74) is -0.751. The SMILES string of the molecule is Cc1ccc(C)c(Cn2c(C(=O)O)c(-n3c(=O)[nH]c4cscc4c3=O)c3cc(C(F)(F)F)ccc32)c1. The van der Waals surface area contributed by atoms with Crippen LogP contribution in [0.4, 0.5) is 13.2 Å². The highest BCUT2D eigenvalue weighted by atomic mass is 32.1. The lowest BCUT2D eigenvalue weighted by atomic mass is 10.1. The highest BCUT2D eigenvalue weighted by Crippen LogP contribution is 2.36. The Labute approximate surface area is 204 Å². The van der Waals surface area contributed by atoms with Crippen LogP contribution in [0.2, 0.25) is 0 Å². The van der Waals surface area contributed by atoms with Crippen LogP contribution >= 0.6 is 11.3 Å². The van der Waals surface area contributed by atoms with E-state index in [1.807, 2.05) is 32.0 Å². The molecule has 0 saturated heterocycles. The summed E-state index contributed by atoms with van der Waals surface area (Å²) in [4.78, 5) is 41.4. The number of nitrogens with one attached hydrogen (secondary N) is 1. The Hall–Kier alpha value is -4.12. The van der Waals surface area contributed by atoms with Gasteiger partial charge in [-0.25, -0.2) is 14.2 Å². The molecule has 0 bridgehead atoms. The van der Waals surface area contributed by atoms with Gasteiger partial charge >= 0.3 is 17.8 Å². The van der Waals surface area contributed by atoms with Crippen molar-refractivity contribution in [3.05, 3.63) is 95.9 Å². The molecule has 5 rings (SSSR count). The summed E-state index contributed by atoms with van der Waals surface area (Å²) >= 11 is 1.16. The fourth-order valence-electron chi connectivity index (χ4n) is 4.41. The van der Waals surface area contributed by atoms with Crippen LogP contribution in [0.3, 0.4) is 0 Å². The molecule has 0 amide bonds. The molecule has 3 aromatic heterocycles. The van der Waals surface area contributed by atoms with Crippen LogP contribution in [0.25, 0.3) is 27.5 Å². The Kier molecular flexibility index (Phi) is 5.40. The second kappa shape index (κ2) is 8.23. The summed E-state index contributed by atoms with van der Waals surface area (Å²) < 4.78 is 42.8. The number of nitrogens with zero attached hydrogens (tertiary/aromatic N) is 2. The van der Waals surface area contributed by atoms with Crippen molar-refractivity contribution in [1.82, 2.24) is 14.1 Å². The zero-order valence-corrected chi connectivity index (χ0v) is 19.8. The number of hydrogen-bond donors (Lipinski definition) is 2. The summed E-state index contributed by atoms with van der Waals surface area (Å²) in [7, 11) is 0. The number of alkyl halides is 3. The zero-order valence-electron chi connectivity index (χ0n) is 18.9. The number of aromatic carboxylic acids is 1. The molecule has 0 aliphatic heterocycles. The molecule has 0 atom stereocenters. The van der Waals surface area contributed by atoms with E-state index in [4.69, 9.17) is 0 Å². The van der Waals surface area contributed by atoms with Gasteiger partial charge in [0.2, 0.25) is 0 Å². The van der Waals surface area contributed by atoms with E-state index in [9.17, 15) is 32.7 Å². The Morgan fingerprint density at radius 3 is 2.50 bits per heavy atom. The van der Waals surface area contributed by atoms with Gasteiger partial charge in [0.15, 0.2) is 5.69 Å². The van der Waals surface area contributed by atoms with Gasteiger partial charge in [0.1, 0.15) is 0 Å². The van der Waals surface area contributed by atoms with Crippen molar-refractivity contribution in [1.29, 1.82) is 0 Å². The molecular weight excluding hydrogens is 495 g/mol. The number of aryl methyl sites for hydroxylation is 2. The topological polar surface area (TPSA) is 97.1 Å². The van der Waals surface area contributed by atoms with Gasteiger partial charge in [-0.05, 0) is 43.2 Å². The van der Waals surface area contributed by atoms with Crippen LogP contribution in [-0.4, -0.2) is 25.2 Å². The minimum atomic E-state index is -4.72. The molecule has 2 aromatic carbocycles. The maximum Gasteiger partial charge on any atom is 0.416 e. The number of hydrogen-bond acceptors (Lipinski definition) is 4. The molecule has 0 aliphatic carbocycles. The van der Waals surface area contributed by atoms with E-state index in [0.717, 1.165) is 40.2 Å². The highest BCUT2D eigenvalue weighted by Gasteiger charge is 2.33. The van der Waals surface area contributed by atoms with E-state index in [0.29, 0.717) is 4.57 Å². The summed E-state index contributed by atoms with van der Waals surface area (Å²) in [5.74, 6) is -1.49. The smallest absolute Gasteiger partial charge is 0.416 e. The van der Waals surface area contributed by atoms with Crippen molar-refractivity contribution >= 4 is 39.1 Å². The van der Waals surface area contributed by atoms with Gasteiger partial charge in [-0.2, -0.15) is 13.2 Å². The van der Waals surface area contributed by atoms with Crippen molar-refractivity contribution in [2.24, 2.45) is 0 Å². The fourth-order valence-corrected chi connectivity index (χ4v) is 5.16. The van der Waals surface area contributed by atoms with Crippen LogP contribution in [0.1, 0.15) is 32.7 Å². The Morgan fingerprint density at radius 2 is 1.81 bits per heavy atom. The van der Waals surface area contributed by atoms with Crippen molar-refractivity contribution in [2.45, 2.75) is 26.6 Å². The fraction of sp³-hybridized carbons (Fsp3) is 0.160. The van der Waals surface area contributed by atoms with E-state index in [1.54, 1.807) is 5.38 Å². The largest absolute Gasteiger partial charge is 0.477 e. The number of H-pyrrole nitrogens is 1. The zero-order chi connectivity index (χ0) is 25.9. The second-order valence-electron chi connectivity index (χ2n) is 8.52. The Morgan fingerprint density at radius 1 is 1.06 bits per heavy atom. The normalized spacial score (nSPS) is 12.0. The molecule has 0 aliphatic rings. The minimum absolute atomic E-state index is 0.00433. The van der Waals surface area contributed by atoms with Gasteiger partial charge in [-0.15, -0.1) is 11.3 Å². The third-order valence-corrected chi connectivity index (χ3v) is 6.91. The molecule has 184 valence electrons. The molecule has 0 radical (unpaired) electrons. The predicted molar refractivity (Wildman–Crippen MR) is 131 cm³/mol. The van der Waals surface area contributed by atoms with Crippen LogP contribution in [0.15, 0.2) is 56.7 Å². The number of carboxylic acid groups (broad SMARTS) is 1. The quantitative estimate of drug-likeness (QED) is 0.350. The summed E-state index contributed by atoms with van der Waals surface area (Å²) in [5, 5.41) is 13.2. The lowest BCUT2D eigenvalue weighted by molar-refractivity contribution is -0.137. The Bertz CT molecular complexity index is 1810. The van der Waals surface area contributed by atoms with Gasteiger partial charge in [0.05, 0.1) is 27.7 Å². The minimum Gasteiger partial charge on any atom is -0.477 e. The van der Waals surface area contributed by atoms with Gasteiger partial charge in [-0.3, -0.25) is 4.79 Å². The standard InChI is InChI=1S/C25H18F3N3O4S/c1-12-3-4-13(2)14(7-12)9-30-19-6-5-15(25(26,27)28)8-16(19)20(21(30)23(33)34)31-22(32)17-10-36-11-18(17)29-24(31)35/h3-8,10-11H,9H2,1-2H3,(H,29,35)(H,33,34). The molecular formula is C25H18F3N3O4S. The number of carboxylic acids is 1. The number of thiophene rings is 1. The maximum atomic E-state index is 13.6. The average molecular weight is 513 g/mol. The molecule has 36 heavy (non-hydrogen) atoms. The van der Waals surface area contributed by atoms with E-state index in [-0.39, 0.29) is 28.4 Å². The van der Waals surface area contributed by atoms with Crippen molar-refractivity contribution < 1.29 is 23.1 Å². The first-order chi connectivity index (χ1) is 17.0. The highest BCUT2D eigenvalue weighted by molar-refractivity contribution is 7.09. The summed E-state index contributed by atoms with van der Waals surface area (Å²) in [6, 6.07) is 8.40. The third kappa shape index (κ3) is 3.72. The molecule has 7 nitrogen and oxygen atoms in total. The van der Waals surface area contributed by atoms with Gasteiger partial charge in [0.25, 0.3) is 5.56 Å². The molecule has 11 heteroatoms. The third-order valence-electron chi connectivity index (χ3n) is 6.16. The van der Waals surface area contributed by atoms with Crippen LogP contribution in [0.5, 0.6) is 0 Å². The molecule has 2 N–H and O–H groups in total. The first-order valence-electron chi connectivity index (χ1n) is 10.7. The number of rotatable bonds is 4. The number of halogens is 3. The van der Waals surface area contributed by atoms with Crippen molar-refractivity contribution in [3.63, 3.8) is 0 Å². The van der Waals surface area contributed by atoms with Crippen LogP contribution in [-0.2, 0) is 12.7 Å². The average Bonchev–Trinajstić information content (AvgIpc) is 3.38. The van der Waals surface area contributed by atoms with Crippen molar-refractivity contribution in [3.8, 4) is 5.69 Å².